The Balaban J connectivity index is 1.51. The SMILES string of the molecule is O=C(C(=O)N1CCC2(CC1)OCCO2)c1c[nH]c2cc(F)ccc12. The summed E-state index contributed by atoms with van der Waals surface area (Å²) in [6, 6.07) is 4.08. The van der Waals surface area contributed by atoms with Crippen LogP contribution in [0.5, 0.6) is 0 Å². The molecule has 1 N–H and O–H groups in total. The fraction of sp³-hybridized carbons (Fsp3) is 0.412. The Hall–Kier alpha value is -2.25. The zero-order valence-electron chi connectivity index (χ0n) is 13.0. The van der Waals surface area contributed by atoms with E-state index in [0.29, 0.717) is 50.0 Å². The predicted octanol–water partition coefficient (Wildman–Crippen LogP) is 1.86. The van der Waals surface area contributed by atoms with Crippen LogP contribution in [-0.4, -0.2) is 53.7 Å². The second-order valence-electron chi connectivity index (χ2n) is 6.12. The summed E-state index contributed by atoms with van der Waals surface area (Å²) in [4.78, 5) is 29.4. The number of halogens is 1. The molecule has 2 aliphatic heterocycles. The van der Waals surface area contributed by atoms with Crippen molar-refractivity contribution in [2.75, 3.05) is 26.3 Å². The molecule has 126 valence electrons. The van der Waals surface area contributed by atoms with E-state index in [-0.39, 0.29) is 5.56 Å². The van der Waals surface area contributed by atoms with E-state index in [9.17, 15) is 14.0 Å². The van der Waals surface area contributed by atoms with Gasteiger partial charge in [-0.3, -0.25) is 9.59 Å². The van der Waals surface area contributed by atoms with Crippen molar-refractivity contribution < 1.29 is 23.5 Å². The highest BCUT2D eigenvalue weighted by molar-refractivity contribution is 6.44. The molecule has 1 aromatic heterocycles. The first-order valence-electron chi connectivity index (χ1n) is 7.96. The average molecular weight is 332 g/mol. The van der Waals surface area contributed by atoms with Crippen LogP contribution in [0.4, 0.5) is 4.39 Å². The molecule has 1 aromatic carbocycles. The van der Waals surface area contributed by atoms with Gasteiger partial charge in [-0.25, -0.2) is 4.39 Å². The number of aromatic nitrogens is 1. The number of nitrogens with zero attached hydrogens (tertiary/aromatic N) is 1. The van der Waals surface area contributed by atoms with E-state index < -0.39 is 23.3 Å². The quantitative estimate of drug-likeness (QED) is 0.673. The molecule has 2 aromatic rings. The molecule has 7 heteroatoms. The maximum Gasteiger partial charge on any atom is 0.295 e. The number of carbonyl (C=O) groups is 2. The Kier molecular flexibility index (Phi) is 3.62. The summed E-state index contributed by atoms with van der Waals surface area (Å²) < 4.78 is 24.5. The normalized spacial score (nSPS) is 20.0. The van der Waals surface area contributed by atoms with Crippen LogP contribution >= 0.6 is 0 Å². The molecule has 6 nitrogen and oxygen atoms in total. The summed E-state index contributed by atoms with van der Waals surface area (Å²) in [7, 11) is 0. The molecule has 24 heavy (non-hydrogen) atoms. The number of piperidine rings is 1. The van der Waals surface area contributed by atoms with Gasteiger partial charge in [-0.2, -0.15) is 0 Å². The third kappa shape index (κ3) is 2.50. The molecule has 0 radical (unpaired) electrons. The summed E-state index contributed by atoms with van der Waals surface area (Å²) in [5, 5.41) is 0.547. The van der Waals surface area contributed by atoms with Crippen molar-refractivity contribution in [3.05, 3.63) is 35.8 Å². The number of rotatable bonds is 2. The third-order valence-corrected chi connectivity index (χ3v) is 4.71. The Bertz CT molecular complexity index is 800. The highest BCUT2D eigenvalue weighted by atomic mass is 19.1. The van der Waals surface area contributed by atoms with Crippen LogP contribution in [0.1, 0.15) is 23.2 Å². The second-order valence-corrected chi connectivity index (χ2v) is 6.12. The Morgan fingerprint density at radius 3 is 2.58 bits per heavy atom. The lowest BCUT2D eigenvalue weighted by atomic mass is 10.0. The molecule has 1 amide bonds. The lowest BCUT2D eigenvalue weighted by molar-refractivity contribution is -0.186. The molecule has 0 saturated carbocycles. The summed E-state index contributed by atoms with van der Waals surface area (Å²) in [6.45, 7) is 1.97. The Labute approximate surface area is 137 Å². The molecular weight excluding hydrogens is 315 g/mol. The molecule has 1 spiro atoms. The number of H-pyrrole nitrogens is 1. The van der Waals surface area contributed by atoms with Gasteiger partial charge in [0.2, 0.25) is 0 Å². The van der Waals surface area contributed by atoms with Gasteiger partial charge in [0.15, 0.2) is 5.79 Å². The van der Waals surface area contributed by atoms with Crippen LogP contribution < -0.4 is 0 Å². The second kappa shape index (κ2) is 5.68. The van der Waals surface area contributed by atoms with E-state index in [4.69, 9.17) is 9.47 Å². The monoisotopic (exact) mass is 332 g/mol. The van der Waals surface area contributed by atoms with Crippen molar-refractivity contribution >= 4 is 22.6 Å². The molecule has 3 heterocycles. The lowest BCUT2D eigenvalue weighted by Gasteiger charge is -2.37. The number of amides is 1. The van der Waals surface area contributed by atoms with Gasteiger partial charge in [0.05, 0.1) is 18.8 Å². The predicted molar refractivity (Wildman–Crippen MR) is 83.0 cm³/mol. The highest BCUT2D eigenvalue weighted by Gasteiger charge is 2.41. The smallest absolute Gasteiger partial charge is 0.295 e. The number of Topliss-reactive ketones (excluding diaryl/α,β-unsaturated/α-hetero) is 1. The van der Waals surface area contributed by atoms with Crippen molar-refractivity contribution in [3.8, 4) is 0 Å². The van der Waals surface area contributed by atoms with Gasteiger partial charge >= 0.3 is 0 Å². The Morgan fingerprint density at radius 2 is 1.88 bits per heavy atom. The van der Waals surface area contributed by atoms with Crippen molar-refractivity contribution in [1.82, 2.24) is 9.88 Å². The number of fused-ring (bicyclic) bond motifs is 1. The Morgan fingerprint density at radius 1 is 1.17 bits per heavy atom. The number of benzene rings is 1. The van der Waals surface area contributed by atoms with Crippen LogP contribution in [0.15, 0.2) is 24.4 Å². The molecule has 0 bridgehead atoms. The van der Waals surface area contributed by atoms with Crippen LogP contribution in [0, 0.1) is 5.82 Å². The van der Waals surface area contributed by atoms with Crippen molar-refractivity contribution in [3.63, 3.8) is 0 Å². The van der Waals surface area contributed by atoms with Gasteiger partial charge in [-0.1, -0.05) is 0 Å². The third-order valence-electron chi connectivity index (χ3n) is 4.71. The number of hydrogen-bond acceptors (Lipinski definition) is 4. The number of carbonyl (C=O) groups excluding carboxylic acids is 2. The summed E-state index contributed by atoms with van der Waals surface area (Å²) in [5.41, 5.74) is 0.764. The van der Waals surface area contributed by atoms with Crippen molar-refractivity contribution in [2.24, 2.45) is 0 Å². The van der Waals surface area contributed by atoms with Gasteiger partial charge in [-0.05, 0) is 18.2 Å². The number of hydrogen-bond donors (Lipinski definition) is 1. The maximum absolute atomic E-state index is 13.2. The lowest BCUT2D eigenvalue weighted by Crippen LogP contribution is -2.49. The standard InChI is InChI=1S/C17H17FN2O4/c18-11-1-2-12-13(10-19-14(12)9-11)15(21)16(22)20-5-3-17(4-6-20)23-7-8-24-17/h1-2,9-10,19H,3-8H2. The largest absolute Gasteiger partial charge is 0.360 e. The molecule has 0 atom stereocenters. The first-order valence-corrected chi connectivity index (χ1v) is 7.96. The molecular formula is C17H17FN2O4. The van der Waals surface area contributed by atoms with Crippen LogP contribution in [0.2, 0.25) is 0 Å². The fourth-order valence-corrected chi connectivity index (χ4v) is 3.38. The minimum atomic E-state index is -0.586. The summed E-state index contributed by atoms with van der Waals surface area (Å²) >= 11 is 0. The average Bonchev–Trinajstić information content (AvgIpc) is 3.21. The fourth-order valence-electron chi connectivity index (χ4n) is 3.38. The molecule has 2 aliphatic rings. The van der Waals surface area contributed by atoms with Gasteiger partial charge in [0.25, 0.3) is 11.7 Å². The topological polar surface area (TPSA) is 71.6 Å². The van der Waals surface area contributed by atoms with E-state index in [1.165, 1.54) is 29.3 Å². The zero-order chi connectivity index (χ0) is 16.7. The van der Waals surface area contributed by atoms with E-state index in [1.807, 2.05) is 0 Å². The minimum absolute atomic E-state index is 0.267. The highest BCUT2D eigenvalue weighted by Crippen LogP contribution is 2.31. The van der Waals surface area contributed by atoms with Crippen LogP contribution in [0.3, 0.4) is 0 Å². The molecule has 2 fully saturated rings. The summed E-state index contributed by atoms with van der Waals surface area (Å²) in [5.74, 6) is -2.12. The number of nitrogens with one attached hydrogen (secondary N) is 1. The van der Waals surface area contributed by atoms with Crippen molar-refractivity contribution in [1.29, 1.82) is 0 Å². The first kappa shape index (κ1) is 15.3. The van der Waals surface area contributed by atoms with Gasteiger partial charge < -0.3 is 19.4 Å². The number of aromatic amines is 1. The van der Waals surface area contributed by atoms with Gasteiger partial charge in [0.1, 0.15) is 5.82 Å². The number of ether oxygens (including phenoxy) is 2. The van der Waals surface area contributed by atoms with E-state index in [2.05, 4.69) is 4.98 Å². The van der Waals surface area contributed by atoms with E-state index in [1.54, 1.807) is 0 Å². The number of likely N-dealkylation sites (tertiary alicyclic amines) is 1. The number of ketones is 1. The molecule has 2 saturated heterocycles. The van der Waals surface area contributed by atoms with Gasteiger partial charge in [0, 0.05) is 43.0 Å². The summed E-state index contributed by atoms with van der Waals surface area (Å²) in [6.07, 6.45) is 2.58. The molecule has 4 rings (SSSR count). The van der Waals surface area contributed by atoms with E-state index >= 15 is 0 Å². The van der Waals surface area contributed by atoms with E-state index in [0.717, 1.165) is 0 Å². The van der Waals surface area contributed by atoms with Crippen LogP contribution in [-0.2, 0) is 14.3 Å². The zero-order valence-corrected chi connectivity index (χ0v) is 13.0. The molecule has 0 aliphatic carbocycles. The molecule has 0 unspecified atom stereocenters. The van der Waals surface area contributed by atoms with Gasteiger partial charge in [-0.15, -0.1) is 0 Å². The van der Waals surface area contributed by atoms with Crippen LogP contribution in [0.25, 0.3) is 10.9 Å². The minimum Gasteiger partial charge on any atom is -0.360 e. The first-order chi connectivity index (χ1) is 11.6. The van der Waals surface area contributed by atoms with Crippen molar-refractivity contribution in [2.45, 2.75) is 18.6 Å². The maximum atomic E-state index is 13.2.